The minimum atomic E-state index is -0.377. The van der Waals surface area contributed by atoms with Crippen LogP contribution in [0.15, 0.2) is 36.5 Å². The van der Waals surface area contributed by atoms with Gasteiger partial charge in [0.1, 0.15) is 6.61 Å². The number of carbonyl (C=O) groups excluding carboxylic acids is 1. The number of hydrogen-bond acceptors (Lipinski definition) is 4. The van der Waals surface area contributed by atoms with Crippen molar-refractivity contribution in [2.24, 2.45) is 0 Å². The summed E-state index contributed by atoms with van der Waals surface area (Å²) in [6.45, 7) is 0.188. The second-order valence-electron chi connectivity index (χ2n) is 5.43. The van der Waals surface area contributed by atoms with Gasteiger partial charge in [-0.05, 0) is 37.1 Å². The summed E-state index contributed by atoms with van der Waals surface area (Å²) < 4.78 is 7.27. The van der Waals surface area contributed by atoms with Crippen LogP contribution < -0.4 is 5.73 Å². The minimum absolute atomic E-state index is 0.188. The molecule has 1 aliphatic rings. The normalized spacial score (nSPS) is 15.2. The lowest BCUT2D eigenvalue weighted by atomic mass is 10.2. The van der Waals surface area contributed by atoms with Crippen molar-refractivity contribution in [1.29, 1.82) is 0 Å². The Hall–Kier alpha value is -2.30. The molecule has 1 aromatic carbocycles. The summed E-state index contributed by atoms with van der Waals surface area (Å²) in [6.07, 6.45) is 6.88. The average Bonchev–Trinajstić information content (AvgIpc) is 3.15. The number of nitrogen functional groups attached to an aromatic ring is 1. The predicted molar refractivity (Wildman–Crippen MR) is 79.7 cm³/mol. The largest absolute Gasteiger partial charge is 0.456 e. The lowest BCUT2D eigenvalue weighted by molar-refractivity contribution is 0.0467. The Morgan fingerprint density at radius 2 is 2.14 bits per heavy atom. The Morgan fingerprint density at radius 1 is 1.33 bits per heavy atom. The van der Waals surface area contributed by atoms with E-state index in [-0.39, 0.29) is 12.6 Å². The molecule has 0 aliphatic heterocycles. The fraction of sp³-hybridized carbons (Fsp3) is 0.375. The standard InChI is InChI=1S/C16H19N3O2/c17-13-5-3-4-12(10-13)16(20)21-11-14-8-9-19(18-14)15-6-1-2-7-15/h3-5,8-10,15H,1-2,6-7,11,17H2. The van der Waals surface area contributed by atoms with Crippen LogP contribution in [0.1, 0.15) is 47.8 Å². The summed E-state index contributed by atoms with van der Waals surface area (Å²) in [4.78, 5) is 11.9. The molecule has 0 radical (unpaired) electrons. The second kappa shape index (κ2) is 5.99. The Bertz CT molecular complexity index is 630. The van der Waals surface area contributed by atoms with Crippen molar-refractivity contribution in [3.63, 3.8) is 0 Å². The maximum Gasteiger partial charge on any atom is 0.338 e. The number of benzene rings is 1. The van der Waals surface area contributed by atoms with Gasteiger partial charge in [0.25, 0.3) is 0 Å². The maximum absolute atomic E-state index is 11.9. The summed E-state index contributed by atoms with van der Waals surface area (Å²) >= 11 is 0. The molecule has 3 rings (SSSR count). The summed E-state index contributed by atoms with van der Waals surface area (Å²) in [7, 11) is 0. The molecule has 0 amide bonds. The van der Waals surface area contributed by atoms with Crippen molar-refractivity contribution in [3.05, 3.63) is 47.8 Å². The molecule has 0 saturated heterocycles. The highest BCUT2D eigenvalue weighted by molar-refractivity contribution is 5.90. The first-order valence-corrected chi connectivity index (χ1v) is 7.29. The van der Waals surface area contributed by atoms with E-state index in [2.05, 4.69) is 5.10 Å². The Balaban J connectivity index is 1.58. The molecule has 0 bridgehead atoms. The topological polar surface area (TPSA) is 70.1 Å². The van der Waals surface area contributed by atoms with E-state index in [4.69, 9.17) is 10.5 Å². The van der Waals surface area contributed by atoms with Crippen LogP contribution in [0, 0.1) is 0 Å². The van der Waals surface area contributed by atoms with Gasteiger partial charge in [0.2, 0.25) is 0 Å². The highest BCUT2D eigenvalue weighted by Gasteiger charge is 2.17. The van der Waals surface area contributed by atoms with Crippen molar-refractivity contribution in [1.82, 2.24) is 9.78 Å². The third-order valence-electron chi connectivity index (χ3n) is 3.84. The number of anilines is 1. The molecule has 0 atom stereocenters. The molecule has 0 unspecified atom stereocenters. The summed E-state index contributed by atoms with van der Waals surface area (Å²) in [5.41, 5.74) is 7.44. The first kappa shape index (κ1) is 13.7. The molecular weight excluding hydrogens is 266 g/mol. The molecule has 1 aromatic heterocycles. The van der Waals surface area contributed by atoms with Crippen LogP contribution in [-0.4, -0.2) is 15.7 Å². The van der Waals surface area contributed by atoms with Gasteiger partial charge in [0, 0.05) is 11.9 Å². The van der Waals surface area contributed by atoms with Crippen LogP contribution >= 0.6 is 0 Å². The van der Waals surface area contributed by atoms with Gasteiger partial charge in [-0.25, -0.2) is 4.79 Å². The van der Waals surface area contributed by atoms with Crippen molar-refractivity contribution in [2.45, 2.75) is 38.3 Å². The van der Waals surface area contributed by atoms with Gasteiger partial charge in [-0.1, -0.05) is 18.9 Å². The van der Waals surface area contributed by atoms with Gasteiger partial charge in [-0.2, -0.15) is 5.10 Å². The number of ether oxygens (including phenoxy) is 1. The Labute approximate surface area is 123 Å². The summed E-state index contributed by atoms with van der Waals surface area (Å²) in [5, 5.41) is 4.49. The number of carbonyl (C=O) groups is 1. The van der Waals surface area contributed by atoms with Crippen molar-refractivity contribution >= 4 is 11.7 Å². The third kappa shape index (κ3) is 3.24. The van der Waals surface area contributed by atoms with E-state index in [1.165, 1.54) is 25.7 Å². The SMILES string of the molecule is Nc1cccc(C(=O)OCc2ccn(C3CCCC3)n2)c1. The summed E-state index contributed by atoms with van der Waals surface area (Å²) in [6, 6.07) is 9.18. The van der Waals surface area contributed by atoms with Crippen molar-refractivity contribution in [2.75, 3.05) is 5.73 Å². The molecule has 21 heavy (non-hydrogen) atoms. The van der Waals surface area contributed by atoms with E-state index >= 15 is 0 Å². The van der Waals surface area contributed by atoms with E-state index in [0.29, 0.717) is 17.3 Å². The van der Waals surface area contributed by atoms with E-state index in [9.17, 15) is 4.79 Å². The quantitative estimate of drug-likeness (QED) is 0.692. The molecule has 1 heterocycles. The number of aromatic nitrogens is 2. The Morgan fingerprint density at radius 3 is 2.90 bits per heavy atom. The third-order valence-corrected chi connectivity index (χ3v) is 3.84. The first-order valence-electron chi connectivity index (χ1n) is 7.29. The van der Waals surface area contributed by atoms with Crippen LogP contribution in [0.2, 0.25) is 0 Å². The van der Waals surface area contributed by atoms with Crippen LogP contribution in [0.25, 0.3) is 0 Å². The minimum Gasteiger partial charge on any atom is -0.456 e. The van der Waals surface area contributed by atoms with Crippen molar-refractivity contribution in [3.8, 4) is 0 Å². The fourth-order valence-corrected chi connectivity index (χ4v) is 2.72. The molecule has 2 N–H and O–H groups in total. The molecule has 1 saturated carbocycles. The number of nitrogens with two attached hydrogens (primary N) is 1. The van der Waals surface area contributed by atoms with Crippen LogP contribution in [-0.2, 0) is 11.3 Å². The first-order chi connectivity index (χ1) is 10.2. The van der Waals surface area contributed by atoms with Gasteiger partial charge >= 0.3 is 5.97 Å². The van der Waals surface area contributed by atoms with Crippen LogP contribution in [0.3, 0.4) is 0 Å². The second-order valence-corrected chi connectivity index (χ2v) is 5.43. The van der Waals surface area contributed by atoms with Crippen molar-refractivity contribution < 1.29 is 9.53 Å². The number of hydrogen-bond donors (Lipinski definition) is 1. The zero-order chi connectivity index (χ0) is 14.7. The van der Waals surface area contributed by atoms with Crippen LogP contribution in [0.5, 0.6) is 0 Å². The van der Waals surface area contributed by atoms with Crippen LogP contribution in [0.4, 0.5) is 5.69 Å². The highest BCUT2D eigenvalue weighted by Crippen LogP contribution is 2.28. The molecular formula is C16H19N3O2. The highest BCUT2D eigenvalue weighted by atomic mass is 16.5. The molecule has 5 nitrogen and oxygen atoms in total. The monoisotopic (exact) mass is 285 g/mol. The van der Waals surface area contributed by atoms with Gasteiger partial charge in [0.15, 0.2) is 0 Å². The summed E-state index contributed by atoms with van der Waals surface area (Å²) in [5.74, 6) is -0.377. The lowest BCUT2D eigenvalue weighted by Gasteiger charge is -2.09. The number of nitrogens with zero attached hydrogens (tertiary/aromatic N) is 2. The van der Waals surface area contributed by atoms with Gasteiger partial charge in [-0.15, -0.1) is 0 Å². The number of rotatable bonds is 4. The van der Waals surface area contributed by atoms with E-state index in [1.807, 2.05) is 16.9 Å². The Kier molecular flexibility index (Phi) is 3.90. The van der Waals surface area contributed by atoms with Gasteiger partial charge in [0.05, 0.1) is 17.3 Å². The smallest absolute Gasteiger partial charge is 0.338 e. The molecule has 1 fully saturated rings. The van der Waals surface area contributed by atoms with Gasteiger partial charge < -0.3 is 10.5 Å². The molecule has 2 aromatic rings. The molecule has 110 valence electrons. The zero-order valence-corrected chi connectivity index (χ0v) is 11.9. The average molecular weight is 285 g/mol. The predicted octanol–water partition coefficient (Wildman–Crippen LogP) is 2.94. The van der Waals surface area contributed by atoms with E-state index < -0.39 is 0 Å². The maximum atomic E-state index is 11.9. The van der Waals surface area contributed by atoms with E-state index in [1.54, 1.807) is 24.3 Å². The molecule has 5 heteroatoms. The fourth-order valence-electron chi connectivity index (χ4n) is 2.72. The van der Waals surface area contributed by atoms with E-state index in [0.717, 1.165) is 5.69 Å². The lowest BCUT2D eigenvalue weighted by Crippen LogP contribution is -2.08. The molecule has 0 spiro atoms. The molecule has 1 aliphatic carbocycles. The van der Waals surface area contributed by atoms with Gasteiger partial charge in [-0.3, -0.25) is 4.68 Å². The number of esters is 1. The zero-order valence-electron chi connectivity index (χ0n) is 11.9.